The molecule has 26 heavy (non-hydrogen) atoms. The van der Waals surface area contributed by atoms with Gasteiger partial charge in [-0.1, -0.05) is 29.8 Å². The van der Waals surface area contributed by atoms with Crippen LogP contribution in [0.25, 0.3) is 0 Å². The molecule has 0 spiro atoms. The van der Waals surface area contributed by atoms with Gasteiger partial charge >= 0.3 is 0 Å². The maximum atomic E-state index is 12.3. The number of carbonyl (C=O) groups excluding carboxylic acids is 2. The second kappa shape index (κ2) is 7.22. The summed E-state index contributed by atoms with van der Waals surface area (Å²) >= 11 is 0. The van der Waals surface area contributed by atoms with Gasteiger partial charge in [0.25, 0.3) is 11.6 Å². The second-order valence-electron chi connectivity index (χ2n) is 5.94. The Morgan fingerprint density at radius 2 is 2.12 bits per heavy atom. The van der Waals surface area contributed by atoms with E-state index in [1.165, 1.54) is 23.1 Å². The van der Waals surface area contributed by atoms with Crippen LogP contribution in [-0.2, 0) is 16.1 Å². The number of nitro benzene ring substituents is 1. The molecule has 0 aromatic heterocycles. The van der Waals surface area contributed by atoms with Crippen molar-refractivity contribution >= 4 is 23.2 Å². The fourth-order valence-corrected chi connectivity index (χ4v) is 2.70. The molecule has 0 fully saturated rings. The zero-order valence-corrected chi connectivity index (χ0v) is 14.1. The molecule has 0 saturated carbocycles. The third-order valence-corrected chi connectivity index (χ3v) is 3.97. The standard InChI is InChI=1S/C18H17N3O5/c1-12-3-2-4-13(7-12)9-19-17(22)10-20-15-8-14(21(24)25)5-6-16(15)26-11-18(20)23/h2-8H,9-11H2,1H3,(H,19,22). The Morgan fingerprint density at radius 3 is 2.85 bits per heavy atom. The molecule has 0 bridgehead atoms. The van der Waals surface area contributed by atoms with Crippen molar-refractivity contribution < 1.29 is 19.2 Å². The Labute approximate surface area is 149 Å². The van der Waals surface area contributed by atoms with Gasteiger partial charge in [-0.15, -0.1) is 0 Å². The number of aryl methyl sites for hydroxylation is 1. The number of benzene rings is 2. The Balaban J connectivity index is 1.72. The first kappa shape index (κ1) is 17.4. The summed E-state index contributed by atoms with van der Waals surface area (Å²) in [6, 6.07) is 11.7. The fraction of sp³-hybridized carbons (Fsp3) is 0.222. The zero-order chi connectivity index (χ0) is 18.7. The molecular formula is C18H17N3O5. The molecule has 2 amide bonds. The molecule has 3 rings (SSSR count). The van der Waals surface area contributed by atoms with E-state index >= 15 is 0 Å². The Kier molecular flexibility index (Phi) is 4.83. The highest BCUT2D eigenvalue weighted by Gasteiger charge is 2.29. The Morgan fingerprint density at radius 1 is 1.31 bits per heavy atom. The Bertz CT molecular complexity index is 881. The van der Waals surface area contributed by atoms with Crippen molar-refractivity contribution in [1.82, 2.24) is 5.32 Å². The topological polar surface area (TPSA) is 102 Å². The minimum atomic E-state index is -0.560. The van der Waals surface area contributed by atoms with E-state index in [0.29, 0.717) is 12.3 Å². The van der Waals surface area contributed by atoms with Crippen LogP contribution < -0.4 is 15.0 Å². The number of carbonyl (C=O) groups is 2. The number of hydrogen-bond donors (Lipinski definition) is 1. The molecule has 134 valence electrons. The van der Waals surface area contributed by atoms with E-state index in [-0.39, 0.29) is 30.4 Å². The van der Waals surface area contributed by atoms with E-state index in [1.54, 1.807) is 0 Å². The minimum Gasteiger partial charge on any atom is -0.482 e. The van der Waals surface area contributed by atoms with Gasteiger partial charge in [0.15, 0.2) is 6.61 Å². The molecule has 0 radical (unpaired) electrons. The number of ether oxygens (including phenoxy) is 1. The summed E-state index contributed by atoms with van der Waals surface area (Å²) < 4.78 is 5.28. The van der Waals surface area contributed by atoms with E-state index in [1.807, 2.05) is 31.2 Å². The van der Waals surface area contributed by atoms with E-state index in [9.17, 15) is 19.7 Å². The quantitative estimate of drug-likeness (QED) is 0.652. The number of nitro groups is 1. The minimum absolute atomic E-state index is 0.174. The van der Waals surface area contributed by atoms with Crippen LogP contribution in [0.15, 0.2) is 42.5 Å². The first-order chi connectivity index (χ1) is 12.4. The van der Waals surface area contributed by atoms with Crippen LogP contribution in [0, 0.1) is 17.0 Å². The highest BCUT2D eigenvalue weighted by molar-refractivity contribution is 6.02. The number of anilines is 1. The summed E-state index contributed by atoms with van der Waals surface area (Å²) in [5.74, 6) is -0.454. The molecule has 2 aromatic carbocycles. The largest absolute Gasteiger partial charge is 0.482 e. The molecular weight excluding hydrogens is 338 g/mol. The van der Waals surface area contributed by atoms with Crippen LogP contribution >= 0.6 is 0 Å². The first-order valence-electron chi connectivity index (χ1n) is 7.98. The molecule has 1 aliphatic heterocycles. The first-order valence-corrected chi connectivity index (χ1v) is 7.98. The van der Waals surface area contributed by atoms with Crippen molar-refractivity contribution in [1.29, 1.82) is 0 Å². The Hall–Kier alpha value is -3.42. The summed E-state index contributed by atoms with van der Waals surface area (Å²) in [5, 5.41) is 13.7. The number of non-ortho nitro benzene ring substituents is 1. The van der Waals surface area contributed by atoms with Crippen LogP contribution in [0.2, 0.25) is 0 Å². The third kappa shape index (κ3) is 3.80. The van der Waals surface area contributed by atoms with Crippen molar-refractivity contribution in [2.75, 3.05) is 18.1 Å². The van der Waals surface area contributed by atoms with Crippen LogP contribution in [-0.4, -0.2) is 29.9 Å². The van der Waals surface area contributed by atoms with Gasteiger partial charge in [0.2, 0.25) is 5.91 Å². The van der Waals surface area contributed by atoms with E-state index in [0.717, 1.165) is 11.1 Å². The highest BCUT2D eigenvalue weighted by atomic mass is 16.6. The van der Waals surface area contributed by atoms with Crippen molar-refractivity contribution in [3.8, 4) is 5.75 Å². The molecule has 2 aromatic rings. The van der Waals surface area contributed by atoms with Crippen molar-refractivity contribution in [3.63, 3.8) is 0 Å². The molecule has 0 saturated heterocycles. The van der Waals surface area contributed by atoms with Gasteiger partial charge in [0.05, 0.1) is 10.6 Å². The van der Waals surface area contributed by atoms with E-state index in [2.05, 4.69) is 5.32 Å². The smallest absolute Gasteiger partial charge is 0.271 e. The summed E-state index contributed by atoms with van der Waals surface area (Å²) in [5.41, 5.74) is 2.08. The zero-order valence-electron chi connectivity index (χ0n) is 14.1. The van der Waals surface area contributed by atoms with Crippen LogP contribution in [0.4, 0.5) is 11.4 Å². The maximum Gasteiger partial charge on any atom is 0.271 e. The van der Waals surface area contributed by atoms with E-state index < -0.39 is 10.8 Å². The average Bonchev–Trinajstić information content (AvgIpc) is 2.62. The molecule has 0 aliphatic carbocycles. The summed E-state index contributed by atoms with van der Waals surface area (Å²) in [7, 11) is 0. The van der Waals surface area contributed by atoms with Gasteiger partial charge in [-0.05, 0) is 18.6 Å². The molecule has 8 nitrogen and oxygen atoms in total. The number of nitrogens with zero attached hydrogens (tertiary/aromatic N) is 2. The van der Waals surface area contributed by atoms with Crippen molar-refractivity contribution in [3.05, 3.63) is 63.7 Å². The lowest BCUT2D eigenvalue weighted by Crippen LogP contribution is -2.45. The summed E-state index contributed by atoms with van der Waals surface area (Å²) in [6.45, 7) is 1.85. The normalized spacial score (nSPS) is 13.0. The molecule has 8 heteroatoms. The number of fused-ring (bicyclic) bond motifs is 1. The summed E-state index contributed by atoms with van der Waals surface area (Å²) in [4.78, 5) is 36.0. The lowest BCUT2D eigenvalue weighted by atomic mass is 10.1. The van der Waals surface area contributed by atoms with Crippen LogP contribution in [0.1, 0.15) is 11.1 Å². The fourth-order valence-electron chi connectivity index (χ4n) is 2.70. The van der Waals surface area contributed by atoms with Crippen molar-refractivity contribution in [2.45, 2.75) is 13.5 Å². The molecule has 1 heterocycles. The van der Waals surface area contributed by atoms with Crippen LogP contribution in [0.3, 0.4) is 0 Å². The lowest BCUT2D eigenvalue weighted by molar-refractivity contribution is -0.384. The van der Waals surface area contributed by atoms with Gasteiger partial charge in [-0.2, -0.15) is 0 Å². The monoisotopic (exact) mass is 355 g/mol. The number of rotatable bonds is 5. The predicted molar refractivity (Wildman–Crippen MR) is 94.0 cm³/mol. The third-order valence-electron chi connectivity index (χ3n) is 3.97. The second-order valence-corrected chi connectivity index (χ2v) is 5.94. The summed E-state index contributed by atoms with van der Waals surface area (Å²) in [6.07, 6.45) is 0. The maximum absolute atomic E-state index is 12.3. The molecule has 1 aliphatic rings. The van der Waals surface area contributed by atoms with Gasteiger partial charge in [0, 0.05) is 18.7 Å². The lowest BCUT2D eigenvalue weighted by Gasteiger charge is -2.28. The van der Waals surface area contributed by atoms with Gasteiger partial charge in [-0.3, -0.25) is 24.6 Å². The predicted octanol–water partition coefficient (Wildman–Crippen LogP) is 1.95. The van der Waals surface area contributed by atoms with E-state index in [4.69, 9.17) is 4.74 Å². The van der Waals surface area contributed by atoms with Gasteiger partial charge in [-0.25, -0.2) is 0 Å². The van der Waals surface area contributed by atoms with Gasteiger partial charge in [0.1, 0.15) is 12.3 Å². The molecule has 0 unspecified atom stereocenters. The molecule has 0 atom stereocenters. The van der Waals surface area contributed by atoms with Crippen LogP contribution in [0.5, 0.6) is 5.75 Å². The molecule has 1 N–H and O–H groups in total. The average molecular weight is 355 g/mol. The SMILES string of the molecule is Cc1cccc(CNC(=O)CN2C(=O)COc3ccc([N+](=O)[O-])cc32)c1. The van der Waals surface area contributed by atoms with Gasteiger partial charge < -0.3 is 10.1 Å². The number of nitrogens with one attached hydrogen (secondary N) is 1. The highest BCUT2D eigenvalue weighted by Crippen LogP contribution is 2.35. The number of hydrogen-bond acceptors (Lipinski definition) is 5. The number of amides is 2. The van der Waals surface area contributed by atoms with Crippen molar-refractivity contribution in [2.24, 2.45) is 0 Å².